The van der Waals surface area contributed by atoms with Gasteiger partial charge in [-0.05, 0) is 61.9 Å². The summed E-state index contributed by atoms with van der Waals surface area (Å²) in [6.45, 7) is 3.08. The Bertz CT molecular complexity index is 1850. The Balaban J connectivity index is 1.27. The molecule has 0 aliphatic carbocycles. The monoisotopic (exact) mass is 599 g/mol. The highest BCUT2D eigenvalue weighted by Crippen LogP contribution is 2.42. The third kappa shape index (κ3) is 4.44. The van der Waals surface area contributed by atoms with Crippen molar-refractivity contribution in [1.29, 1.82) is 0 Å². The largest absolute Gasteiger partial charge is 0.508 e. The highest BCUT2D eigenvalue weighted by atomic mass is 19.1. The minimum atomic E-state index is -0.877. The summed E-state index contributed by atoms with van der Waals surface area (Å²) in [7, 11) is 0. The van der Waals surface area contributed by atoms with Gasteiger partial charge in [-0.15, -0.1) is 6.42 Å². The molecule has 10 heteroatoms. The standard InChI is InChI=1S/C34H32F3N5O2/c1-2-24-27(36)7-4-19-10-23(43)11-26(31(19)24)32-28(37)12-25-29(41-16-21-5-6-22(17-41)38-21)13-30(39-33(25)40-32)44-18-34-8-3-9-42(34)15-20(35)14-34/h1,4,7,10-13,20-22,38,43H,3,5-6,8-9,14-18H2/t20-,21?,22?,34+/m1/s1. The zero-order valence-corrected chi connectivity index (χ0v) is 24.1. The molecule has 4 atom stereocenters. The number of hydrogen-bond acceptors (Lipinski definition) is 7. The molecule has 226 valence electrons. The molecule has 2 N–H and O–H groups in total. The maximum Gasteiger partial charge on any atom is 0.217 e. The first-order valence-corrected chi connectivity index (χ1v) is 15.3. The first-order valence-electron chi connectivity index (χ1n) is 15.3. The van der Waals surface area contributed by atoms with E-state index in [-0.39, 0.29) is 39.1 Å². The van der Waals surface area contributed by atoms with Crippen LogP contribution in [0.15, 0.2) is 36.4 Å². The topological polar surface area (TPSA) is 73.8 Å². The van der Waals surface area contributed by atoms with E-state index in [0.717, 1.165) is 51.0 Å². The molecule has 0 saturated carbocycles. The summed E-state index contributed by atoms with van der Waals surface area (Å²) in [5.41, 5.74) is 0.694. The summed E-state index contributed by atoms with van der Waals surface area (Å²) in [4.78, 5) is 13.8. The van der Waals surface area contributed by atoms with Crippen LogP contribution in [-0.2, 0) is 0 Å². The lowest BCUT2D eigenvalue weighted by molar-refractivity contribution is 0.111. The van der Waals surface area contributed by atoms with Crippen LogP contribution in [0.1, 0.15) is 37.7 Å². The number of fused-ring (bicyclic) bond motifs is 5. The molecule has 2 bridgehead atoms. The van der Waals surface area contributed by atoms with E-state index in [1.807, 2.05) is 6.07 Å². The zero-order valence-electron chi connectivity index (χ0n) is 24.1. The molecule has 0 spiro atoms. The first kappa shape index (κ1) is 27.5. The molecular formula is C34H32F3N5O2. The minimum absolute atomic E-state index is 0.0380. The van der Waals surface area contributed by atoms with Crippen LogP contribution in [0.4, 0.5) is 18.9 Å². The normalized spacial score (nSPS) is 26.4. The number of phenolic OH excluding ortho intramolecular Hbond substituents is 1. The van der Waals surface area contributed by atoms with Gasteiger partial charge in [0.15, 0.2) is 5.65 Å². The number of phenols is 1. The highest BCUT2D eigenvalue weighted by molar-refractivity contribution is 6.02. The first-order chi connectivity index (χ1) is 21.3. The molecular weight excluding hydrogens is 567 g/mol. The van der Waals surface area contributed by atoms with Crippen molar-refractivity contribution in [3.8, 4) is 35.2 Å². The van der Waals surface area contributed by atoms with Crippen molar-refractivity contribution in [2.24, 2.45) is 0 Å². The smallest absolute Gasteiger partial charge is 0.217 e. The van der Waals surface area contributed by atoms with Crippen molar-refractivity contribution in [2.45, 2.75) is 55.9 Å². The molecule has 4 aliphatic rings. The molecule has 2 aromatic heterocycles. The number of nitrogens with one attached hydrogen (secondary N) is 1. The molecule has 4 fully saturated rings. The third-order valence-electron chi connectivity index (χ3n) is 9.97. The van der Waals surface area contributed by atoms with Crippen LogP contribution in [0, 0.1) is 24.0 Å². The number of aromatic nitrogens is 2. The maximum absolute atomic E-state index is 16.1. The number of anilines is 1. The Kier molecular flexibility index (Phi) is 6.40. The van der Waals surface area contributed by atoms with Crippen LogP contribution >= 0.6 is 0 Å². The fourth-order valence-electron chi connectivity index (χ4n) is 8.01. The quantitative estimate of drug-likeness (QED) is 0.301. The molecule has 2 aromatic carbocycles. The molecule has 0 amide bonds. The second-order valence-electron chi connectivity index (χ2n) is 12.7. The number of hydrogen-bond donors (Lipinski definition) is 2. The Morgan fingerprint density at radius 2 is 1.89 bits per heavy atom. The number of alkyl halides is 1. The molecule has 6 heterocycles. The van der Waals surface area contributed by atoms with Gasteiger partial charge in [0.2, 0.25) is 5.88 Å². The molecule has 4 aromatic rings. The summed E-state index contributed by atoms with van der Waals surface area (Å²) < 4.78 is 51.7. The van der Waals surface area contributed by atoms with Gasteiger partial charge < -0.3 is 20.1 Å². The Morgan fingerprint density at radius 1 is 1.07 bits per heavy atom. The van der Waals surface area contributed by atoms with Gasteiger partial charge >= 0.3 is 0 Å². The predicted octanol–water partition coefficient (Wildman–Crippen LogP) is 5.31. The molecule has 8 rings (SSSR count). The van der Waals surface area contributed by atoms with E-state index in [4.69, 9.17) is 16.1 Å². The molecule has 0 radical (unpaired) electrons. The number of nitrogens with zero attached hydrogens (tertiary/aromatic N) is 4. The van der Waals surface area contributed by atoms with Gasteiger partial charge in [0.25, 0.3) is 0 Å². The summed E-state index contributed by atoms with van der Waals surface area (Å²) in [5, 5.41) is 15.4. The molecule has 4 aliphatic heterocycles. The number of benzene rings is 2. The van der Waals surface area contributed by atoms with Crippen molar-refractivity contribution < 1.29 is 23.0 Å². The number of aromatic hydroxyl groups is 1. The highest BCUT2D eigenvalue weighted by Gasteiger charge is 2.49. The van der Waals surface area contributed by atoms with E-state index in [2.05, 4.69) is 26.0 Å². The van der Waals surface area contributed by atoms with Gasteiger partial charge in [-0.2, -0.15) is 4.98 Å². The lowest BCUT2D eigenvalue weighted by atomic mass is 9.95. The summed E-state index contributed by atoms with van der Waals surface area (Å²) >= 11 is 0. The van der Waals surface area contributed by atoms with Crippen molar-refractivity contribution in [3.05, 3.63) is 53.6 Å². The van der Waals surface area contributed by atoms with Crippen LogP contribution in [-0.4, -0.2) is 76.6 Å². The van der Waals surface area contributed by atoms with Crippen LogP contribution < -0.4 is 15.0 Å². The number of halogens is 3. The van der Waals surface area contributed by atoms with Crippen LogP contribution in [0.2, 0.25) is 0 Å². The van der Waals surface area contributed by atoms with Gasteiger partial charge in [-0.1, -0.05) is 12.0 Å². The summed E-state index contributed by atoms with van der Waals surface area (Å²) in [5.74, 6) is 1.31. The van der Waals surface area contributed by atoms with Crippen LogP contribution in [0.3, 0.4) is 0 Å². The third-order valence-corrected chi connectivity index (χ3v) is 9.97. The van der Waals surface area contributed by atoms with Crippen LogP contribution in [0.5, 0.6) is 11.6 Å². The number of rotatable bonds is 5. The second-order valence-corrected chi connectivity index (χ2v) is 12.7. The minimum Gasteiger partial charge on any atom is -0.508 e. The Hall–Kier alpha value is -4.07. The number of terminal acetylenes is 1. The van der Waals surface area contributed by atoms with Gasteiger partial charge in [0, 0.05) is 60.5 Å². The SMILES string of the molecule is C#Cc1c(F)ccc2cc(O)cc(-c3nc4nc(OC[C@@]56CCCN5C[C@H](F)C6)cc(N5CC6CCC(C5)N6)c4cc3F)c12. The maximum atomic E-state index is 16.1. The lowest BCUT2D eigenvalue weighted by Crippen LogP contribution is -2.51. The van der Waals surface area contributed by atoms with E-state index < -0.39 is 17.8 Å². The zero-order chi connectivity index (χ0) is 30.2. The van der Waals surface area contributed by atoms with Crippen molar-refractivity contribution in [1.82, 2.24) is 20.2 Å². The molecule has 4 saturated heterocycles. The van der Waals surface area contributed by atoms with E-state index in [1.54, 1.807) is 0 Å². The number of piperazine rings is 1. The fourth-order valence-corrected chi connectivity index (χ4v) is 8.01. The van der Waals surface area contributed by atoms with Crippen molar-refractivity contribution >= 4 is 27.5 Å². The van der Waals surface area contributed by atoms with Gasteiger partial charge in [-0.3, -0.25) is 4.90 Å². The molecule has 44 heavy (non-hydrogen) atoms. The van der Waals surface area contributed by atoms with Crippen molar-refractivity contribution in [3.63, 3.8) is 0 Å². The van der Waals surface area contributed by atoms with E-state index >= 15 is 4.39 Å². The molecule has 7 nitrogen and oxygen atoms in total. The van der Waals surface area contributed by atoms with Crippen LogP contribution in [0.25, 0.3) is 33.1 Å². The van der Waals surface area contributed by atoms with Gasteiger partial charge in [0.05, 0.1) is 16.8 Å². The van der Waals surface area contributed by atoms with Crippen molar-refractivity contribution in [2.75, 3.05) is 37.7 Å². The fraction of sp³-hybridized carbons (Fsp3) is 0.412. The summed E-state index contributed by atoms with van der Waals surface area (Å²) in [6.07, 6.45) is 9.24. The van der Waals surface area contributed by atoms with Gasteiger partial charge in [0.1, 0.15) is 35.9 Å². The Labute approximate surface area is 253 Å². The molecule has 2 unspecified atom stereocenters. The van der Waals surface area contributed by atoms with E-state index in [9.17, 15) is 13.9 Å². The van der Waals surface area contributed by atoms with E-state index in [1.165, 1.54) is 30.3 Å². The van der Waals surface area contributed by atoms with Gasteiger partial charge in [-0.25, -0.2) is 18.2 Å². The predicted molar refractivity (Wildman–Crippen MR) is 163 cm³/mol. The average molecular weight is 600 g/mol. The number of ether oxygens (including phenoxy) is 1. The average Bonchev–Trinajstić information content (AvgIpc) is 3.65. The lowest BCUT2D eigenvalue weighted by Gasteiger charge is -2.35. The summed E-state index contributed by atoms with van der Waals surface area (Å²) in [6, 6.07) is 9.43. The van der Waals surface area contributed by atoms with E-state index in [0.29, 0.717) is 48.3 Å². The Morgan fingerprint density at radius 3 is 2.68 bits per heavy atom. The number of pyridine rings is 2. The second kappa shape index (κ2) is 10.2.